The van der Waals surface area contributed by atoms with Gasteiger partial charge in [-0.1, -0.05) is 36.3 Å². The number of piperidine rings is 1. The van der Waals surface area contributed by atoms with E-state index in [1.54, 1.807) is 11.0 Å². The summed E-state index contributed by atoms with van der Waals surface area (Å²) < 4.78 is 38.4. The third kappa shape index (κ3) is 8.02. The topological polar surface area (TPSA) is 116 Å². The van der Waals surface area contributed by atoms with Gasteiger partial charge in [0, 0.05) is 38.0 Å². The first-order valence-electron chi connectivity index (χ1n) is 16.6. The predicted molar refractivity (Wildman–Crippen MR) is 175 cm³/mol. The Bertz CT molecular complexity index is 1540. The number of carbonyl (C=O) groups is 1. The van der Waals surface area contributed by atoms with E-state index in [0.717, 1.165) is 17.5 Å². The van der Waals surface area contributed by atoms with Gasteiger partial charge in [-0.3, -0.25) is 4.90 Å². The van der Waals surface area contributed by atoms with Crippen LogP contribution in [0.15, 0.2) is 34.9 Å². The Morgan fingerprint density at radius 2 is 1.81 bits per heavy atom. The molecular formula is C35H49FN6O5. The Morgan fingerprint density at radius 3 is 2.47 bits per heavy atom. The van der Waals surface area contributed by atoms with Crippen molar-refractivity contribution in [2.75, 3.05) is 20.1 Å². The minimum Gasteiger partial charge on any atom is -0.474 e. The lowest BCUT2D eigenvalue weighted by Crippen LogP contribution is -2.50. The number of alkyl halides is 1. The number of aromatic nitrogens is 4. The molecule has 4 heterocycles. The van der Waals surface area contributed by atoms with Crippen molar-refractivity contribution in [3.63, 3.8) is 0 Å². The van der Waals surface area contributed by atoms with Crippen molar-refractivity contribution in [3.8, 4) is 23.4 Å². The largest absolute Gasteiger partial charge is 0.474 e. The second-order valence-corrected chi connectivity index (χ2v) is 14.4. The maximum Gasteiger partial charge on any atom is 0.410 e. The van der Waals surface area contributed by atoms with Crippen LogP contribution in [0.4, 0.5) is 9.18 Å². The van der Waals surface area contributed by atoms with Crippen LogP contribution in [0.3, 0.4) is 0 Å². The highest BCUT2D eigenvalue weighted by Crippen LogP contribution is 2.34. The lowest BCUT2D eigenvalue weighted by Gasteiger charge is -2.39. The van der Waals surface area contributed by atoms with Gasteiger partial charge in [0.15, 0.2) is 0 Å². The minimum atomic E-state index is -0.900. The summed E-state index contributed by atoms with van der Waals surface area (Å²) in [5, 5.41) is 4.26. The number of rotatable bonds is 9. The molecule has 2 fully saturated rings. The standard InChI is InChI=1S/C35H49FN6O5/c1-10-24-18-25(15-16-42(24)33(43)46-34(4,5)6)45-29-19-28(44-22(3)27-17-23(36)20-41(27)9)37-30(38-29)31-39-32(47-40-31)35(7,8)26-14-12-11-13-21(26)2/h11-14,19,22-25,27H,10,15-18,20H2,1-9H3/t22-,23+,24+,25-,27-/m0/s1. The Kier molecular flexibility index (Phi) is 10.1. The zero-order valence-corrected chi connectivity index (χ0v) is 29.1. The number of hydrogen-bond donors (Lipinski definition) is 0. The molecule has 5 rings (SSSR count). The molecule has 0 saturated carbocycles. The molecule has 2 aromatic heterocycles. The van der Waals surface area contributed by atoms with E-state index in [1.165, 1.54) is 0 Å². The van der Waals surface area contributed by atoms with Crippen LogP contribution >= 0.6 is 0 Å². The van der Waals surface area contributed by atoms with Crippen molar-refractivity contribution in [2.45, 2.75) is 123 Å². The van der Waals surface area contributed by atoms with Gasteiger partial charge in [-0.05, 0) is 79.5 Å². The molecule has 0 N–H and O–H groups in total. The maximum atomic E-state index is 14.2. The highest BCUT2D eigenvalue weighted by Gasteiger charge is 2.37. The quantitative estimate of drug-likeness (QED) is 0.253. The molecule has 12 heteroatoms. The molecule has 2 aliphatic heterocycles. The van der Waals surface area contributed by atoms with Gasteiger partial charge >= 0.3 is 6.09 Å². The third-order valence-corrected chi connectivity index (χ3v) is 9.11. The zero-order valence-electron chi connectivity index (χ0n) is 29.1. The van der Waals surface area contributed by atoms with Gasteiger partial charge in [0.2, 0.25) is 29.3 Å². The lowest BCUT2D eigenvalue weighted by atomic mass is 9.82. The van der Waals surface area contributed by atoms with Crippen LogP contribution in [-0.2, 0) is 10.2 Å². The molecule has 0 unspecified atom stereocenters. The fourth-order valence-corrected chi connectivity index (χ4v) is 6.61. The molecule has 3 aromatic rings. The summed E-state index contributed by atoms with van der Waals surface area (Å²) in [6.45, 7) is 16.6. The number of aryl methyl sites for hydroxylation is 1. The van der Waals surface area contributed by atoms with E-state index in [9.17, 15) is 9.18 Å². The molecule has 1 amide bonds. The van der Waals surface area contributed by atoms with Gasteiger partial charge in [-0.15, -0.1) is 0 Å². The number of hydrogen-bond acceptors (Lipinski definition) is 10. The maximum absolute atomic E-state index is 14.2. The summed E-state index contributed by atoms with van der Waals surface area (Å²) in [4.78, 5) is 30.8. The Morgan fingerprint density at radius 1 is 1.09 bits per heavy atom. The number of benzene rings is 1. The average molecular weight is 653 g/mol. The van der Waals surface area contributed by atoms with Crippen LogP contribution in [0.5, 0.6) is 11.8 Å². The van der Waals surface area contributed by atoms with Gasteiger partial charge in [-0.2, -0.15) is 15.0 Å². The number of ether oxygens (including phenoxy) is 3. The number of halogens is 1. The second kappa shape index (κ2) is 13.7. The minimum absolute atomic E-state index is 0.0457. The fourth-order valence-electron chi connectivity index (χ4n) is 6.61. The lowest BCUT2D eigenvalue weighted by molar-refractivity contribution is -0.00521. The molecule has 1 aromatic carbocycles. The van der Waals surface area contributed by atoms with Crippen LogP contribution in [0.1, 0.15) is 91.2 Å². The smallest absolute Gasteiger partial charge is 0.410 e. The molecule has 2 saturated heterocycles. The first kappa shape index (κ1) is 34.5. The molecule has 2 aliphatic rings. The highest BCUT2D eigenvalue weighted by atomic mass is 19.1. The molecule has 11 nitrogen and oxygen atoms in total. The summed E-state index contributed by atoms with van der Waals surface area (Å²) in [6.07, 6.45) is 0.587. The molecule has 0 bridgehead atoms. The van der Waals surface area contributed by atoms with Crippen LogP contribution < -0.4 is 9.47 Å². The number of likely N-dealkylation sites (N-methyl/N-ethyl adjacent to an activating group) is 1. The molecule has 5 atom stereocenters. The summed E-state index contributed by atoms with van der Waals surface area (Å²) in [5.74, 6) is 1.40. The van der Waals surface area contributed by atoms with Crippen molar-refractivity contribution >= 4 is 6.09 Å². The van der Waals surface area contributed by atoms with E-state index >= 15 is 0 Å². The monoisotopic (exact) mass is 652 g/mol. The average Bonchev–Trinajstić information content (AvgIpc) is 3.63. The van der Waals surface area contributed by atoms with Gasteiger partial charge in [0.1, 0.15) is 24.0 Å². The van der Waals surface area contributed by atoms with E-state index in [1.807, 2.05) is 65.6 Å². The van der Waals surface area contributed by atoms with Crippen molar-refractivity contribution in [1.29, 1.82) is 0 Å². The van der Waals surface area contributed by atoms with Crippen molar-refractivity contribution in [3.05, 3.63) is 47.3 Å². The van der Waals surface area contributed by atoms with E-state index in [-0.39, 0.29) is 47.9 Å². The summed E-state index contributed by atoms with van der Waals surface area (Å²) in [5.41, 5.74) is 1.05. The van der Waals surface area contributed by atoms with Gasteiger partial charge in [-0.25, -0.2) is 9.18 Å². The normalized spacial score (nSPS) is 23.1. The van der Waals surface area contributed by atoms with Crippen molar-refractivity contribution in [1.82, 2.24) is 29.9 Å². The van der Waals surface area contributed by atoms with E-state index < -0.39 is 17.2 Å². The molecular weight excluding hydrogens is 603 g/mol. The first-order valence-corrected chi connectivity index (χ1v) is 16.6. The van der Waals surface area contributed by atoms with E-state index in [0.29, 0.717) is 44.1 Å². The Labute approximate surface area is 277 Å². The van der Waals surface area contributed by atoms with Crippen molar-refractivity contribution < 1.29 is 27.9 Å². The molecule has 256 valence electrons. The highest BCUT2D eigenvalue weighted by molar-refractivity contribution is 5.68. The fraction of sp³-hybridized carbons (Fsp3) is 0.629. The van der Waals surface area contributed by atoms with Gasteiger partial charge < -0.3 is 23.6 Å². The number of carbonyl (C=O) groups excluding carboxylic acids is 1. The number of likely N-dealkylation sites (tertiary alicyclic amines) is 2. The van der Waals surface area contributed by atoms with E-state index in [2.05, 4.69) is 36.1 Å². The van der Waals surface area contributed by atoms with Crippen LogP contribution in [-0.4, -0.2) is 92.2 Å². The van der Waals surface area contributed by atoms with Crippen LogP contribution in [0.2, 0.25) is 0 Å². The zero-order chi connectivity index (χ0) is 34.1. The number of amides is 1. The summed E-state index contributed by atoms with van der Waals surface area (Å²) in [6, 6.07) is 9.59. The predicted octanol–water partition coefficient (Wildman–Crippen LogP) is 6.53. The molecule has 0 radical (unpaired) electrons. The SMILES string of the molecule is CC[C@@H]1C[C@@H](Oc2cc(O[C@@H](C)[C@@H]3C[C@@H](F)CN3C)nc(-c3noc(C(C)(C)c4ccccc4C)n3)n2)CCN1C(=O)OC(C)(C)C. The van der Waals surface area contributed by atoms with E-state index in [4.69, 9.17) is 28.7 Å². The van der Waals surface area contributed by atoms with Crippen LogP contribution in [0, 0.1) is 6.92 Å². The third-order valence-electron chi connectivity index (χ3n) is 9.11. The van der Waals surface area contributed by atoms with Gasteiger partial charge in [0.25, 0.3) is 0 Å². The molecule has 0 aliphatic carbocycles. The Hall–Kier alpha value is -3.80. The molecule has 0 spiro atoms. The second-order valence-electron chi connectivity index (χ2n) is 14.4. The molecule has 47 heavy (non-hydrogen) atoms. The Balaban J connectivity index is 1.41. The first-order chi connectivity index (χ1) is 22.1. The van der Waals surface area contributed by atoms with Crippen molar-refractivity contribution in [2.24, 2.45) is 0 Å². The van der Waals surface area contributed by atoms with Gasteiger partial charge in [0.05, 0.1) is 11.5 Å². The summed E-state index contributed by atoms with van der Waals surface area (Å²) >= 11 is 0. The summed E-state index contributed by atoms with van der Waals surface area (Å²) in [7, 11) is 1.90. The van der Waals surface area contributed by atoms with Crippen LogP contribution in [0.25, 0.3) is 11.6 Å². The number of nitrogens with zero attached hydrogens (tertiary/aromatic N) is 6.